The quantitative estimate of drug-likeness (QED) is 0.555. The standard InChI is InChI=1S/C14H21N5O/c1-9-6-13(18-15)12(7-16-9)14(20)17-10-4-5-19(8-10)11-2-3-11/h6-7,10-11H,2-5,8,15H2,1H3,(H,16,18)(H,17,20). The van der Waals surface area contributed by atoms with Crippen LogP contribution in [0.2, 0.25) is 0 Å². The van der Waals surface area contributed by atoms with Crippen LogP contribution in [-0.4, -0.2) is 41.0 Å². The van der Waals surface area contributed by atoms with Gasteiger partial charge in [0.05, 0.1) is 11.3 Å². The molecule has 0 radical (unpaired) electrons. The maximum absolute atomic E-state index is 12.3. The Balaban J connectivity index is 1.64. The number of aryl methyl sites for hydroxylation is 1. The molecule has 1 amide bonds. The zero-order valence-electron chi connectivity index (χ0n) is 11.7. The Kier molecular flexibility index (Phi) is 3.58. The van der Waals surface area contributed by atoms with E-state index in [1.165, 1.54) is 12.8 Å². The molecule has 1 saturated heterocycles. The molecule has 1 unspecified atom stereocenters. The van der Waals surface area contributed by atoms with Crippen molar-refractivity contribution in [1.82, 2.24) is 15.2 Å². The molecule has 3 rings (SSSR count). The van der Waals surface area contributed by atoms with E-state index in [2.05, 4.69) is 20.6 Å². The van der Waals surface area contributed by atoms with Crippen molar-refractivity contribution >= 4 is 11.6 Å². The number of nitrogens with one attached hydrogen (secondary N) is 2. The molecule has 6 heteroatoms. The van der Waals surface area contributed by atoms with E-state index in [4.69, 9.17) is 5.84 Å². The molecule has 2 aliphatic rings. The number of rotatable bonds is 4. The number of nitrogens with two attached hydrogens (primary N) is 1. The molecule has 2 fully saturated rings. The summed E-state index contributed by atoms with van der Waals surface area (Å²) in [4.78, 5) is 19.0. The predicted octanol–water partition coefficient (Wildman–Crippen LogP) is 0.642. The summed E-state index contributed by atoms with van der Waals surface area (Å²) < 4.78 is 0. The summed E-state index contributed by atoms with van der Waals surface area (Å²) in [6.07, 6.45) is 5.22. The summed E-state index contributed by atoms with van der Waals surface area (Å²) >= 11 is 0. The van der Waals surface area contributed by atoms with Crippen molar-refractivity contribution in [1.29, 1.82) is 0 Å². The van der Waals surface area contributed by atoms with Gasteiger partial charge in [-0.25, -0.2) is 0 Å². The molecule has 108 valence electrons. The molecule has 0 spiro atoms. The Morgan fingerprint density at radius 2 is 2.25 bits per heavy atom. The summed E-state index contributed by atoms with van der Waals surface area (Å²) in [6, 6.07) is 2.77. The topological polar surface area (TPSA) is 83.3 Å². The lowest BCUT2D eigenvalue weighted by Gasteiger charge is -2.16. The Labute approximate surface area is 118 Å². The maximum Gasteiger partial charge on any atom is 0.255 e. The summed E-state index contributed by atoms with van der Waals surface area (Å²) in [5.74, 6) is 5.37. The average molecular weight is 275 g/mol. The number of hydrazine groups is 1. The molecule has 0 bridgehead atoms. The van der Waals surface area contributed by atoms with Gasteiger partial charge in [0, 0.05) is 37.1 Å². The number of pyridine rings is 1. The molecule has 1 saturated carbocycles. The molecule has 20 heavy (non-hydrogen) atoms. The van der Waals surface area contributed by atoms with Crippen molar-refractivity contribution in [3.05, 3.63) is 23.5 Å². The number of carbonyl (C=O) groups is 1. The van der Waals surface area contributed by atoms with Gasteiger partial charge < -0.3 is 10.7 Å². The largest absolute Gasteiger partial charge is 0.348 e. The van der Waals surface area contributed by atoms with Gasteiger partial charge in [0.15, 0.2) is 0 Å². The van der Waals surface area contributed by atoms with Gasteiger partial charge in [-0.15, -0.1) is 0 Å². The second-order valence-corrected chi connectivity index (χ2v) is 5.70. The van der Waals surface area contributed by atoms with Gasteiger partial charge >= 0.3 is 0 Å². The minimum atomic E-state index is -0.104. The highest BCUT2D eigenvalue weighted by Gasteiger charge is 2.34. The number of nitrogens with zero attached hydrogens (tertiary/aromatic N) is 2. The fraction of sp³-hybridized carbons (Fsp3) is 0.571. The van der Waals surface area contributed by atoms with Crippen LogP contribution in [0.1, 0.15) is 35.3 Å². The fourth-order valence-corrected chi connectivity index (χ4v) is 2.80. The van der Waals surface area contributed by atoms with Crippen molar-refractivity contribution in [2.24, 2.45) is 5.84 Å². The molecule has 1 atom stereocenters. The molecular formula is C14H21N5O. The number of aromatic nitrogens is 1. The third-order valence-electron chi connectivity index (χ3n) is 4.06. The first-order chi connectivity index (χ1) is 9.67. The fourth-order valence-electron chi connectivity index (χ4n) is 2.80. The van der Waals surface area contributed by atoms with E-state index in [-0.39, 0.29) is 11.9 Å². The van der Waals surface area contributed by atoms with Gasteiger partial charge in [-0.2, -0.15) is 0 Å². The first-order valence-electron chi connectivity index (χ1n) is 7.15. The van der Waals surface area contributed by atoms with Crippen molar-refractivity contribution in [3.8, 4) is 0 Å². The molecule has 1 aromatic heterocycles. The van der Waals surface area contributed by atoms with Crippen LogP contribution in [0.4, 0.5) is 5.69 Å². The first kappa shape index (κ1) is 13.3. The number of hydrogen-bond acceptors (Lipinski definition) is 5. The second-order valence-electron chi connectivity index (χ2n) is 5.70. The molecule has 2 heterocycles. The normalized spacial score (nSPS) is 22.8. The van der Waals surface area contributed by atoms with Crippen molar-refractivity contribution in [2.45, 2.75) is 38.3 Å². The SMILES string of the molecule is Cc1cc(NN)c(C(=O)NC2CCN(C3CC3)C2)cn1. The molecular weight excluding hydrogens is 254 g/mol. The monoisotopic (exact) mass is 275 g/mol. The van der Waals surface area contributed by atoms with Gasteiger partial charge in [-0.1, -0.05) is 0 Å². The Hall–Kier alpha value is -1.66. The smallest absolute Gasteiger partial charge is 0.255 e. The van der Waals surface area contributed by atoms with Crippen LogP contribution in [0.25, 0.3) is 0 Å². The Morgan fingerprint density at radius 1 is 1.45 bits per heavy atom. The van der Waals surface area contributed by atoms with E-state index in [1.807, 2.05) is 6.92 Å². The molecule has 1 aliphatic heterocycles. The van der Waals surface area contributed by atoms with Crippen LogP contribution in [0.3, 0.4) is 0 Å². The Bertz CT molecular complexity index is 514. The van der Waals surface area contributed by atoms with E-state index in [9.17, 15) is 4.79 Å². The number of anilines is 1. The third kappa shape index (κ3) is 2.76. The van der Waals surface area contributed by atoms with E-state index in [0.717, 1.165) is 31.2 Å². The van der Waals surface area contributed by atoms with Crippen LogP contribution in [0.5, 0.6) is 0 Å². The van der Waals surface area contributed by atoms with Gasteiger partial charge in [-0.05, 0) is 32.3 Å². The minimum Gasteiger partial charge on any atom is -0.348 e. The second kappa shape index (κ2) is 5.38. The highest BCUT2D eigenvalue weighted by Crippen LogP contribution is 2.29. The van der Waals surface area contributed by atoms with E-state index >= 15 is 0 Å². The number of likely N-dealkylation sites (tertiary alicyclic amines) is 1. The highest BCUT2D eigenvalue weighted by molar-refractivity contribution is 5.99. The van der Waals surface area contributed by atoms with Crippen LogP contribution in [0.15, 0.2) is 12.3 Å². The lowest BCUT2D eigenvalue weighted by Crippen LogP contribution is -2.38. The zero-order valence-corrected chi connectivity index (χ0v) is 11.7. The molecule has 1 aromatic rings. The summed E-state index contributed by atoms with van der Waals surface area (Å²) in [5, 5.41) is 3.09. The molecule has 4 N–H and O–H groups in total. The van der Waals surface area contributed by atoms with E-state index in [1.54, 1.807) is 12.3 Å². The summed E-state index contributed by atoms with van der Waals surface area (Å²) in [7, 11) is 0. The van der Waals surface area contributed by atoms with Gasteiger partial charge in [0.25, 0.3) is 5.91 Å². The lowest BCUT2D eigenvalue weighted by molar-refractivity contribution is 0.0938. The Morgan fingerprint density at radius 3 is 2.95 bits per heavy atom. The summed E-state index contributed by atoms with van der Waals surface area (Å²) in [6.45, 7) is 3.91. The van der Waals surface area contributed by atoms with Crippen molar-refractivity contribution < 1.29 is 4.79 Å². The minimum absolute atomic E-state index is 0.104. The van der Waals surface area contributed by atoms with Gasteiger partial charge in [-0.3, -0.25) is 20.5 Å². The molecule has 1 aliphatic carbocycles. The average Bonchev–Trinajstić information content (AvgIpc) is 3.19. The number of hydrogen-bond donors (Lipinski definition) is 3. The first-order valence-corrected chi connectivity index (χ1v) is 7.15. The number of nitrogen functional groups attached to an aromatic ring is 1. The molecule has 6 nitrogen and oxygen atoms in total. The third-order valence-corrected chi connectivity index (χ3v) is 4.06. The van der Waals surface area contributed by atoms with Crippen molar-refractivity contribution in [2.75, 3.05) is 18.5 Å². The van der Waals surface area contributed by atoms with E-state index in [0.29, 0.717) is 11.3 Å². The summed E-state index contributed by atoms with van der Waals surface area (Å²) in [5.41, 5.74) is 4.52. The van der Waals surface area contributed by atoms with Gasteiger partial charge in [0.2, 0.25) is 0 Å². The van der Waals surface area contributed by atoms with E-state index < -0.39 is 0 Å². The van der Waals surface area contributed by atoms with Crippen LogP contribution < -0.4 is 16.6 Å². The predicted molar refractivity (Wildman–Crippen MR) is 77.3 cm³/mol. The van der Waals surface area contributed by atoms with Gasteiger partial charge in [0.1, 0.15) is 0 Å². The number of amides is 1. The van der Waals surface area contributed by atoms with Crippen LogP contribution in [0, 0.1) is 6.92 Å². The maximum atomic E-state index is 12.3. The van der Waals surface area contributed by atoms with Crippen molar-refractivity contribution in [3.63, 3.8) is 0 Å². The molecule has 0 aromatic carbocycles. The number of carbonyl (C=O) groups excluding carboxylic acids is 1. The zero-order chi connectivity index (χ0) is 14.1. The lowest BCUT2D eigenvalue weighted by atomic mass is 10.1. The van der Waals surface area contributed by atoms with Crippen LogP contribution in [-0.2, 0) is 0 Å². The highest BCUT2D eigenvalue weighted by atomic mass is 16.1. The van der Waals surface area contributed by atoms with Crippen LogP contribution >= 0.6 is 0 Å².